The van der Waals surface area contributed by atoms with E-state index >= 15 is 0 Å². The molecule has 0 aromatic carbocycles. The lowest BCUT2D eigenvalue weighted by atomic mass is 10.1. The fourth-order valence-corrected chi connectivity index (χ4v) is 5.71. The number of methoxy groups -OCH3 is 1. The van der Waals surface area contributed by atoms with Crippen molar-refractivity contribution in [1.82, 2.24) is 25.1 Å². The normalized spacial score (nSPS) is 17.5. The Kier molecular flexibility index (Phi) is 6.34. The van der Waals surface area contributed by atoms with Gasteiger partial charge in [-0.2, -0.15) is 13.2 Å². The van der Waals surface area contributed by atoms with Gasteiger partial charge in [-0.25, -0.2) is 13.4 Å². The van der Waals surface area contributed by atoms with Crippen molar-refractivity contribution in [2.45, 2.75) is 56.4 Å². The van der Waals surface area contributed by atoms with E-state index in [1.807, 2.05) is 0 Å². The number of nitrogens with one attached hydrogen (secondary N) is 1. The van der Waals surface area contributed by atoms with E-state index in [4.69, 9.17) is 4.74 Å². The van der Waals surface area contributed by atoms with Gasteiger partial charge in [-0.05, 0) is 49.7 Å². The molecule has 2 aromatic rings. The van der Waals surface area contributed by atoms with Gasteiger partial charge in [0.2, 0.25) is 20.9 Å². The van der Waals surface area contributed by atoms with Gasteiger partial charge in [0, 0.05) is 7.05 Å². The quantitative estimate of drug-likeness (QED) is 0.562. The minimum Gasteiger partial charge on any atom is -0.480 e. The van der Waals surface area contributed by atoms with Crippen molar-refractivity contribution < 1.29 is 31.1 Å². The van der Waals surface area contributed by atoms with Crippen LogP contribution in [0.25, 0.3) is 0 Å². The van der Waals surface area contributed by atoms with Crippen LogP contribution in [0.5, 0.6) is 5.88 Å². The second kappa shape index (κ2) is 8.82. The van der Waals surface area contributed by atoms with Gasteiger partial charge < -0.3 is 14.6 Å². The molecule has 0 saturated heterocycles. The Morgan fingerprint density at radius 1 is 1.24 bits per heavy atom. The van der Waals surface area contributed by atoms with Gasteiger partial charge in [0.05, 0.1) is 18.9 Å². The number of sulfone groups is 1. The van der Waals surface area contributed by atoms with Crippen LogP contribution < -0.4 is 10.1 Å². The lowest BCUT2D eigenvalue weighted by Gasteiger charge is -2.20. The molecule has 2 heterocycles. The summed E-state index contributed by atoms with van der Waals surface area (Å²) in [6.07, 6.45) is -0.542. The fraction of sp³-hybridized carbons (Fsp3) is 0.619. The highest BCUT2D eigenvalue weighted by molar-refractivity contribution is 7.91. The van der Waals surface area contributed by atoms with Crippen molar-refractivity contribution in [3.63, 3.8) is 0 Å². The molecule has 1 unspecified atom stereocenters. The van der Waals surface area contributed by atoms with E-state index in [1.165, 1.54) is 18.5 Å². The third kappa shape index (κ3) is 5.18. The largest absolute Gasteiger partial charge is 0.480 e. The summed E-state index contributed by atoms with van der Waals surface area (Å²) in [5.41, 5.74) is -1.24. The maximum atomic E-state index is 13.2. The van der Waals surface area contributed by atoms with Crippen molar-refractivity contribution >= 4 is 15.7 Å². The van der Waals surface area contributed by atoms with Gasteiger partial charge in [0.25, 0.3) is 5.91 Å². The Bertz CT molecular complexity index is 1200. The third-order valence-electron chi connectivity index (χ3n) is 6.08. The maximum Gasteiger partial charge on any atom is 0.433 e. The lowest BCUT2D eigenvalue weighted by molar-refractivity contribution is -0.141. The summed E-state index contributed by atoms with van der Waals surface area (Å²) in [6.45, 7) is 1.37. The van der Waals surface area contributed by atoms with Crippen LogP contribution in [-0.2, 0) is 23.1 Å². The van der Waals surface area contributed by atoms with Crippen LogP contribution in [0, 0.1) is 18.8 Å². The smallest absolute Gasteiger partial charge is 0.433 e. The van der Waals surface area contributed by atoms with Crippen LogP contribution >= 0.6 is 0 Å². The predicted molar refractivity (Wildman–Crippen MR) is 114 cm³/mol. The van der Waals surface area contributed by atoms with Gasteiger partial charge in [-0.15, -0.1) is 10.2 Å². The molecule has 34 heavy (non-hydrogen) atoms. The standard InChI is InChI=1S/C21H26F3N5O4S/c1-11-8-15(21(22,23)24)26-19(33-3)16(11)18(30)25-14(9-12-4-5-12)17-27-28-20(29(17)2)34(31,32)10-13-6-7-13/h8,12-14H,4-7,9-10H2,1-3H3,(H,25,30). The summed E-state index contributed by atoms with van der Waals surface area (Å²) in [4.78, 5) is 16.6. The summed E-state index contributed by atoms with van der Waals surface area (Å²) in [5, 5.41) is 10.6. The first-order valence-corrected chi connectivity index (χ1v) is 12.6. The minimum absolute atomic E-state index is 0.00619. The number of nitrogens with zero attached hydrogens (tertiary/aromatic N) is 4. The van der Waals surface area contributed by atoms with Crippen LogP contribution in [0.1, 0.15) is 65.6 Å². The molecule has 0 spiro atoms. The Morgan fingerprint density at radius 2 is 1.88 bits per heavy atom. The highest BCUT2D eigenvalue weighted by atomic mass is 32.2. The molecule has 2 aromatic heterocycles. The molecule has 186 valence electrons. The number of pyridine rings is 1. The number of ether oxygens (including phenoxy) is 1. The summed E-state index contributed by atoms with van der Waals surface area (Å²) in [6, 6.07) is 0.104. The van der Waals surface area contributed by atoms with E-state index in [-0.39, 0.29) is 33.8 Å². The zero-order valence-corrected chi connectivity index (χ0v) is 19.8. The molecule has 2 aliphatic rings. The van der Waals surface area contributed by atoms with E-state index in [2.05, 4.69) is 20.5 Å². The SMILES string of the molecule is COc1nc(C(F)(F)F)cc(C)c1C(=O)NC(CC1CC1)c1nnc(S(=O)(=O)CC2CC2)n1C. The van der Waals surface area contributed by atoms with Gasteiger partial charge in [-0.3, -0.25) is 4.79 Å². The number of amides is 1. The van der Waals surface area contributed by atoms with Crippen molar-refractivity contribution in [3.05, 3.63) is 28.7 Å². The number of rotatable bonds is 9. The van der Waals surface area contributed by atoms with Crippen LogP contribution in [0.15, 0.2) is 11.2 Å². The summed E-state index contributed by atoms with van der Waals surface area (Å²) >= 11 is 0. The average Bonchev–Trinajstić information content (AvgIpc) is 3.67. The topological polar surface area (TPSA) is 116 Å². The Labute approximate surface area is 195 Å². The number of hydrogen-bond donors (Lipinski definition) is 1. The lowest BCUT2D eigenvalue weighted by Crippen LogP contribution is -2.32. The molecule has 13 heteroatoms. The molecule has 1 N–H and O–H groups in total. The summed E-state index contributed by atoms with van der Waals surface area (Å²) < 4.78 is 71.3. The Balaban J connectivity index is 1.64. The second-order valence-corrected chi connectivity index (χ2v) is 11.0. The number of alkyl halides is 3. The number of carbonyl (C=O) groups is 1. The second-order valence-electron chi connectivity index (χ2n) is 9.04. The highest BCUT2D eigenvalue weighted by Crippen LogP contribution is 2.38. The minimum atomic E-state index is -4.69. The first-order chi connectivity index (χ1) is 15.9. The fourth-order valence-electron chi connectivity index (χ4n) is 3.93. The molecule has 0 aliphatic heterocycles. The molecular weight excluding hydrogens is 475 g/mol. The zero-order chi connectivity index (χ0) is 24.8. The molecule has 2 fully saturated rings. The number of aryl methyl sites for hydroxylation is 1. The predicted octanol–water partition coefficient (Wildman–Crippen LogP) is 3.00. The number of aromatic nitrogens is 4. The molecule has 0 bridgehead atoms. The molecule has 1 amide bonds. The number of carbonyl (C=O) groups excluding carboxylic acids is 1. The van der Waals surface area contributed by atoms with Crippen LogP contribution in [0.2, 0.25) is 0 Å². The maximum absolute atomic E-state index is 13.2. The summed E-state index contributed by atoms with van der Waals surface area (Å²) in [7, 11) is -0.957. The molecule has 2 aliphatic carbocycles. The van der Waals surface area contributed by atoms with Crippen molar-refractivity contribution in [2.75, 3.05) is 12.9 Å². The molecular formula is C21H26F3N5O4S. The van der Waals surface area contributed by atoms with Crippen molar-refractivity contribution in [1.29, 1.82) is 0 Å². The average molecular weight is 502 g/mol. The van der Waals surface area contributed by atoms with Gasteiger partial charge in [-0.1, -0.05) is 12.8 Å². The van der Waals surface area contributed by atoms with Crippen LogP contribution in [0.3, 0.4) is 0 Å². The Morgan fingerprint density at radius 3 is 2.44 bits per heavy atom. The molecule has 4 rings (SSSR count). The van der Waals surface area contributed by atoms with Crippen molar-refractivity contribution in [2.24, 2.45) is 18.9 Å². The molecule has 9 nitrogen and oxygen atoms in total. The van der Waals surface area contributed by atoms with Gasteiger partial charge >= 0.3 is 6.18 Å². The van der Waals surface area contributed by atoms with E-state index in [0.29, 0.717) is 12.3 Å². The van der Waals surface area contributed by atoms with Gasteiger partial charge in [0.1, 0.15) is 11.3 Å². The molecule has 1 atom stereocenters. The highest BCUT2D eigenvalue weighted by Gasteiger charge is 2.37. The third-order valence-corrected chi connectivity index (χ3v) is 7.90. The van der Waals surface area contributed by atoms with E-state index in [9.17, 15) is 26.4 Å². The van der Waals surface area contributed by atoms with E-state index in [0.717, 1.165) is 38.9 Å². The molecule has 0 radical (unpaired) electrons. The van der Waals surface area contributed by atoms with Gasteiger partial charge in [0.15, 0.2) is 5.82 Å². The molecule has 2 saturated carbocycles. The van der Waals surface area contributed by atoms with Crippen LogP contribution in [0.4, 0.5) is 13.2 Å². The number of hydrogen-bond acceptors (Lipinski definition) is 7. The monoisotopic (exact) mass is 501 g/mol. The van der Waals surface area contributed by atoms with E-state index in [1.54, 1.807) is 0 Å². The van der Waals surface area contributed by atoms with E-state index < -0.39 is 39.5 Å². The van der Waals surface area contributed by atoms with Crippen molar-refractivity contribution in [3.8, 4) is 5.88 Å². The Hall–Kier alpha value is -2.70. The number of halogens is 3. The first-order valence-electron chi connectivity index (χ1n) is 11.0. The first kappa shape index (κ1) is 24.4. The zero-order valence-electron chi connectivity index (χ0n) is 19.0. The summed E-state index contributed by atoms with van der Waals surface area (Å²) in [5.74, 6) is -0.401. The van der Waals surface area contributed by atoms with Crippen LogP contribution in [-0.4, -0.2) is 46.9 Å².